The minimum Gasteiger partial charge on any atom is -0.258 e. The molecule has 0 spiro atoms. The average Bonchev–Trinajstić information content (AvgIpc) is 2.42. The van der Waals surface area contributed by atoms with E-state index < -0.39 is 0 Å². The number of hydrogen-bond acceptors (Lipinski definition) is 2. The molecule has 1 unspecified atom stereocenters. The summed E-state index contributed by atoms with van der Waals surface area (Å²) in [6.07, 6.45) is 0.417. The molecule has 0 amide bonds. The van der Waals surface area contributed by atoms with Gasteiger partial charge in [-0.05, 0) is 24.5 Å². The van der Waals surface area contributed by atoms with E-state index in [9.17, 15) is 10.1 Å². The predicted molar refractivity (Wildman–Crippen MR) is 84.3 cm³/mol. The van der Waals surface area contributed by atoms with Crippen molar-refractivity contribution in [3.8, 4) is 0 Å². The number of halogens is 2. The van der Waals surface area contributed by atoms with Crippen LogP contribution < -0.4 is 0 Å². The SMILES string of the molecule is Cc1cccc(C(Cl)Cc2ccccc2[N+](=O)[O-])c1Br. The van der Waals surface area contributed by atoms with Crippen LogP contribution in [-0.2, 0) is 6.42 Å². The highest BCUT2D eigenvalue weighted by molar-refractivity contribution is 9.10. The Balaban J connectivity index is 2.30. The molecule has 0 saturated carbocycles. The third-order valence-electron chi connectivity index (χ3n) is 3.15. The number of alkyl halides is 1. The van der Waals surface area contributed by atoms with E-state index in [2.05, 4.69) is 15.9 Å². The van der Waals surface area contributed by atoms with Crippen LogP contribution in [0.15, 0.2) is 46.9 Å². The number of benzene rings is 2. The van der Waals surface area contributed by atoms with Crippen molar-refractivity contribution < 1.29 is 4.92 Å². The van der Waals surface area contributed by atoms with Crippen LogP contribution in [0.2, 0.25) is 0 Å². The molecule has 0 fully saturated rings. The first kappa shape index (κ1) is 15.0. The molecule has 0 aliphatic rings. The normalized spacial score (nSPS) is 12.2. The molecule has 104 valence electrons. The van der Waals surface area contributed by atoms with Crippen LogP contribution in [-0.4, -0.2) is 4.92 Å². The molecule has 0 aliphatic carbocycles. The molecule has 0 saturated heterocycles. The molecule has 2 aromatic carbocycles. The highest BCUT2D eigenvalue weighted by atomic mass is 79.9. The largest absolute Gasteiger partial charge is 0.272 e. The van der Waals surface area contributed by atoms with Gasteiger partial charge in [-0.2, -0.15) is 0 Å². The Kier molecular flexibility index (Phi) is 4.78. The number of nitrogens with zero attached hydrogens (tertiary/aromatic N) is 1. The fraction of sp³-hybridized carbons (Fsp3) is 0.200. The summed E-state index contributed by atoms with van der Waals surface area (Å²) < 4.78 is 0.957. The van der Waals surface area contributed by atoms with E-state index in [0.717, 1.165) is 15.6 Å². The van der Waals surface area contributed by atoms with Gasteiger partial charge in [-0.1, -0.05) is 52.3 Å². The molecule has 2 aromatic rings. The van der Waals surface area contributed by atoms with E-state index in [1.165, 1.54) is 6.07 Å². The summed E-state index contributed by atoms with van der Waals surface area (Å²) in [5.41, 5.74) is 2.80. The lowest BCUT2D eigenvalue weighted by Gasteiger charge is -2.13. The summed E-state index contributed by atoms with van der Waals surface area (Å²) in [6.45, 7) is 1.99. The molecule has 0 heterocycles. The van der Waals surface area contributed by atoms with Crippen molar-refractivity contribution in [2.24, 2.45) is 0 Å². The Bertz CT molecular complexity index is 646. The quantitative estimate of drug-likeness (QED) is 0.431. The number of hydrogen-bond donors (Lipinski definition) is 0. The van der Waals surface area contributed by atoms with E-state index in [0.29, 0.717) is 12.0 Å². The third-order valence-corrected chi connectivity index (χ3v) is 4.62. The number of nitro benzene ring substituents is 1. The first-order valence-electron chi connectivity index (χ1n) is 6.12. The van der Waals surface area contributed by atoms with Crippen molar-refractivity contribution in [1.82, 2.24) is 0 Å². The van der Waals surface area contributed by atoms with Crippen molar-refractivity contribution in [3.63, 3.8) is 0 Å². The Morgan fingerprint density at radius 3 is 2.65 bits per heavy atom. The van der Waals surface area contributed by atoms with Crippen LogP contribution in [0.25, 0.3) is 0 Å². The molecule has 2 rings (SSSR count). The van der Waals surface area contributed by atoms with Crippen LogP contribution >= 0.6 is 27.5 Å². The van der Waals surface area contributed by atoms with Gasteiger partial charge in [0.25, 0.3) is 5.69 Å². The van der Waals surface area contributed by atoms with Crippen LogP contribution in [0.3, 0.4) is 0 Å². The fourth-order valence-electron chi connectivity index (χ4n) is 2.08. The zero-order valence-electron chi connectivity index (χ0n) is 10.8. The highest BCUT2D eigenvalue weighted by Crippen LogP contribution is 2.34. The Morgan fingerprint density at radius 2 is 1.95 bits per heavy atom. The molecular formula is C15H13BrClNO2. The zero-order chi connectivity index (χ0) is 14.7. The lowest BCUT2D eigenvalue weighted by molar-refractivity contribution is -0.385. The summed E-state index contributed by atoms with van der Waals surface area (Å²) in [6, 6.07) is 12.6. The maximum Gasteiger partial charge on any atom is 0.272 e. The molecule has 0 aliphatic heterocycles. The maximum atomic E-state index is 11.0. The molecule has 0 radical (unpaired) electrons. The summed E-state index contributed by atoms with van der Waals surface area (Å²) in [4.78, 5) is 10.6. The van der Waals surface area contributed by atoms with Gasteiger partial charge < -0.3 is 0 Å². The van der Waals surface area contributed by atoms with E-state index in [-0.39, 0.29) is 16.0 Å². The molecule has 5 heteroatoms. The first-order chi connectivity index (χ1) is 9.50. The minimum atomic E-state index is -0.371. The van der Waals surface area contributed by atoms with Gasteiger partial charge in [0.15, 0.2) is 0 Å². The molecule has 0 aromatic heterocycles. The smallest absolute Gasteiger partial charge is 0.258 e. The van der Waals surface area contributed by atoms with Crippen LogP contribution in [0, 0.1) is 17.0 Å². The van der Waals surface area contributed by atoms with Gasteiger partial charge in [0, 0.05) is 16.1 Å². The van der Waals surface area contributed by atoms with Crippen molar-refractivity contribution in [2.75, 3.05) is 0 Å². The van der Waals surface area contributed by atoms with Crippen LogP contribution in [0.5, 0.6) is 0 Å². The second-order valence-electron chi connectivity index (χ2n) is 4.54. The summed E-state index contributed by atoms with van der Waals surface area (Å²) in [5.74, 6) is 0. The van der Waals surface area contributed by atoms with Gasteiger partial charge in [0.1, 0.15) is 0 Å². The van der Waals surface area contributed by atoms with E-state index in [1.54, 1.807) is 18.2 Å². The number of para-hydroxylation sites is 1. The monoisotopic (exact) mass is 353 g/mol. The van der Waals surface area contributed by atoms with Gasteiger partial charge in [0.05, 0.1) is 10.3 Å². The van der Waals surface area contributed by atoms with Gasteiger partial charge >= 0.3 is 0 Å². The molecular weight excluding hydrogens is 342 g/mol. The van der Waals surface area contributed by atoms with Crippen molar-refractivity contribution in [2.45, 2.75) is 18.7 Å². The number of nitro groups is 1. The van der Waals surface area contributed by atoms with Gasteiger partial charge in [-0.25, -0.2) is 0 Å². The molecule has 0 N–H and O–H groups in total. The Labute approximate surface area is 130 Å². The van der Waals surface area contributed by atoms with Crippen molar-refractivity contribution in [3.05, 3.63) is 73.7 Å². The molecule has 0 bridgehead atoms. The fourth-order valence-corrected chi connectivity index (χ4v) is 3.10. The number of rotatable bonds is 4. The molecule has 3 nitrogen and oxygen atoms in total. The van der Waals surface area contributed by atoms with Crippen molar-refractivity contribution in [1.29, 1.82) is 0 Å². The lowest BCUT2D eigenvalue weighted by Crippen LogP contribution is -2.01. The number of aryl methyl sites for hydroxylation is 1. The van der Waals surface area contributed by atoms with E-state index in [4.69, 9.17) is 11.6 Å². The van der Waals surface area contributed by atoms with Crippen molar-refractivity contribution >= 4 is 33.2 Å². The lowest BCUT2D eigenvalue weighted by atomic mass is 10.0. The highest BCUT2D eigenvalue weighted by Gasteiger charge is 2.19. The topological polar surface area (TPSA) is 43.1 Å². The zero-order valence-corrected chi connectivity index (χ0v) is 13.2. The second-order valence-corrected chi connectivity index (χ2v) is 5.86. The molecule has 20 heavy (non-hydrogen) atoms. The van der Waals surface area contributed by atoms with Gasteiger partial charge in [-0.15, -0.1) is 11.6 Å². The Hall–Kier alpha value is -1.39. The predicted octanol–water partition coefficient (Wildman–Crippen LogP) is 5.19. The van der Waals surface area contributed by atoms with Gasteiger partial charge in [0.2, 0.25) is 0 Å². The summed E-state index contributed by atoms with van der Waals surface area (Å²) >= 11 is 9.97. The average molecular weight is 355 g/mol. The van der Waals surface area contributed by atoms with Gasteiger partial charge in [-0.3, -0.25) is 10.1 Å². The van der Waals surface area contributed by atoms with Crippen LogP contribution in [0.1, 0.15) is 22.1 Å². The molecule has 1 atom stereocenters. The first-order valence-corrected chi connectivity index (χ1v) is 7.35. The van der Waals surface area contributed by atoms with E-state index in [1.807, 2.05) is 25.1 Å². The second kappa shape index (κ2) is 6.37. The third kappa shape index (κ3) is 3.19. The Morgan fingerprint density at radius 1 is 1.25 bits per heavy atom. The standard InChI is InChI=1S/C15H13BrClNO2/c1-10-5-4-7-12(15(10)16)13(17)9-11-6-2-3-8-14(11)18(19)20/h2-8,13H,9H2,1H3. The maximum absolute atomic E-state index is 11.0. The summed E-state index contributed by atoms with van der Waals surface area (Å²) in [5, 5.41) is 10.7. The van der Waals surface area contributed by atoms with E-state index >= 15 is 0 Å². The van der Waals surface area contributed by atoms with Crippen LogP contribution in [0.4, 0.5) is 5.69 Å². The minimum absolute atomic E-state index is 0.113. The summed E-state index contributed by atoms with van der Waals surface area (Å²) in [7, 11) is 0.